The van der Waals surface area contributed by atoms with Crippen molar-refractivity contribution in [2.24, 2.45) is 17.1 Å². The Kier molecular flexibility index (Phi) is 3.30. The first-order chi connectivity index (χ1) is 7.54. The molecule has 0 spiro atoms. The van der Waals surface area contributed by atoms with Gasteiger partial charge in [0.2, 0.25) is 0 Å². The molecule has 94 valence electrons. The summed E-state index contributed by atoms with van der Waals surface area (Å²) in [6.07, 6.45) is 6.15. The van der Waals surface area contributed by atoms with Gasteiger partial charge in [0.25, 0.3) is 0 Å². The molecule has 0 aromatic rings. The molecule has 16 heavy (non-hydrogen) atoms. The molecule has 2 saturated carbocycles. The van der Waals surface area contributed by atoms with Gasteiger partial charge >= 0.3 is 0 Å². The molecule has 0 bridgehead atoms. The Morgan fingerprint density at radius 2 is 2.12 bits per heavy atom. The van der Waals surface area contributed by atoms with Crippen LogP contribution in [0.5, 0.6) is 0 Å². The fourth-order valence-electron chi connectivity index (χ4n) is 3.07. The van der Waals surface area contributed by atoms with Crippen LogP contribution in [0.1, 0.15) is 46.0 Å². The van der Waals surface area contributed by atoms with Gasteiger partial charge in [-0.3, -0.25) is 0 Å². The van der Waals surface area contributed by atoms with Gasteiger partial charge in [-0.1, -0.05) is 13.3 Å². The molecule has 0 aromatic carbocycles. The number of aliphatic hydroxyl groups excluding tert-OH is 1. The second-order valence-electron chi connectivity index (χ2n) is 6.22. The highest BCUT2D eigenvalue weighted by atomic mass is 16.3. The maximum atomic E-state index is 9.35. The minimum Gasteiger partial charge on any atom is -0.396 e. The number of hydrogen-bond acceptors (Lipinski definition) is 3. The largest absolute Gasteiger partial charge is 0.396 e. The van der Waals surface area contributed by atoms with E-state index < -0.39 is 0 Å². The first-order valence-electron chi connectivity index (χ1n) is 6.63. The molecular weight excluding hydrogens is 200 g/mol. The van der Waals surface area contributed by atoms with Crippen molar-refractivity contribution >= 4 is 0 Å². The molecule has 2 rings (SSSR count). The Hall–Kier alpha value is -0.120. The summed E-state index contributed by atoms with van der Waals surface area (Å²) in [7, 11) is 0. The Morgan fingerprint density at radius 3 is 2.62 bits per heavy atom. The van der Waals surface area contributed by atoms with Crippen LogP contribution in [-0.4, -0.2) is 29.8 Å². The molecule has 2 aliphatic rings. The van der Waals surface area contributed by atoms with Crippen molar-refractivity contribution < 1.29 is 5.11 Å². The van der Waals surface area contributed by atoms with E-state index in [1.54, 1.807) is 0 Å². The van der Waals surface area contributed by atoms with E-state index in [2.05, 4.69) is 19.2 Å². The molecule has 0 aromatic heterocycles. The van der Waals surface area contributed by atoms with Gasteiger partial charge in [0.1, 0.15) is 0 Å². The second-order valence-corrected chi connectivity index (χ2v) is 6.22. The van der Waals surface area contributed by atoms with E-state index in [0.717, 1.165) is 6.42 Å². The van der Waals surface area contributed by atoms with E-state index >= 15 is 0 Å². The van der Waals surface area contributed by atoms with Crippen molar-refractivity contribution in [3.63, 3.8) is 0 Å². The zero-order chi connectivity index (χ0) is 11.8. The summed E-state index contributed by atoms with van der Waals surface area (Å²) >= 11 is 0. The molecule has 0 radical (unpaired) electrons. The van der Waals surface area contributed by atoms with Crippen LogP contribution in [-0.2, 0) is 0 Å². The standard InChI is InChI=1S/C13H26N2O/c1-12(6-7-12)13(2,9-14)15-11-5-3-4-10(11)8-16/h10-11,15-16H,3-9,14H2,1-2H3. The van der Waals surface area contributed by atoms with E-state index in [9.17, 15) is 5.11 Å². The summed E-state index contributed by atoms with van der Waals surface area (Å²) < 4.78 is 0. The van der Waals surface area contributed by atoms with Crippen molar-refractivity contribution in [3.05, 3.63) is 0 Å². The molecule has 0 aliphatic heterocycles. The minimum atomic E-state index is 0.0510. The molecule has 0 saturated heterocycles. The lowest BCUT2D eigenvalue weighted by molar-refractivity contribution is 0.152. The summed E-state index contributed by atoms with van der Waals surface area (Å²) in [5.41, 5.74) is 6.40. The molecule has 3 heteroatoms. The van der Waals surface area contributed by atoms with Crippen LogP contribution >= 0.6 is 0 Å². The van der Waals surface area contributed by atoms with Crippen LogP contribution in [0.15, 0.2) is 0 Å². The molecule has 3 atom stereocenters. The quantitative estimate of drug-likeness (QED) is 0.661. The maximum absolute atomic E-state index is 9.35. The number of rotatable bonds is 5. The van der Waals surface area contributed by atoms with E-state index in [4.69, 9.17) is 5.73 Å². The van der Waals surface area contributed by atoms with Gasteiger partial charge in [-0.05, 0) is 43.9 Å². The molecule has 4 N–H and O–H groups in total. The van der Waals surface area contributed by atoms with E-state index in [1.165, 1.54) is 25.7 Å². The summed E-state index contributed by atoms with van der Waals surface area (Å²) in [4.78, 5) is 0. The molecule has 3 nitrogen and oxygen atoms in total. The van der Waals surface area contributed by atoms with Crippen LogP contribution < -0.4 is 11.1 Å². The first kappa shape index (κ1) is 12.3. The highest BCUT2D eigenvalue weighted by molar-refractivity contribution is 5.10. The van der Waals surface area contributed by atoms with Crippen LogP contribution in [0, 0.1) is 11.3 Å². The van der Waals surface area contributed by atoms with Gasteiger partial charge < -0.3 is 16.2 Å². The predicted molar refractivity (Wildman–Crippen MR) is 66.2 cm³/mol. The van der Waals surface area contributed by atoms with Crippen molar-refractivity contribution in [1.82, 2.24) is 5.32 Å². The number of aliphatic hydroxyl groups is 1. The highest BCUT2D eigenvalue weighted by Crippen LogP contribution is 2.53. The van der Waals surface area contributed by atoms with Crippen molar-refractivity contribution in [2.45, 2.75) is 57.5 Å². The van der Waals surface area contributed by atoms with Crippen LogP contribution in [0.25, 0.3) is 0 Å². The van der Waals surface area contributed by atoms with Crippen LogP contribution in [0.4, 0.5) is 0 Å². The summed E-state index contributed by atoms with van der Waals surface area (Å²) in [6.45, 7) is 5.59. The summed E-state index contributed by atoms with van der Waals surface area (Å²) in [6, 6.07) is 0.468. The van der Waals surface area contributed by atoms with Gasteiger partial charge in [-0.2, -0.15) is 0 Å². The van der Waals surface area contributed by atoms with Gasteiger partial charge in [-0.25, -0.2) is 0 Å². The molecule has 2 aliphatic carbocycles. The third-order valence-corrected chi connectivity index (χ3v) is 5.14. The third-order valence-electron chi connectivity index (χ3n) is 5.14. The van der Waals surface area contributed by atoms with Gasteiger partial charge in [0.15, 0.2) is 0 Å². The molecule has 0 amide bonds. The van der Waals surface area contributed by atoms with Crippen LogP contribution in [0.3, 0.4) is 0 Å². The Labute approximate surface area is 98.8 Å². The Morgan fingerprint density at radius 1 is 1.44 bits per heavy atom. The summed E-state index contributed by atoms with van der Waals surface area (Å²) in [5, 5.41) is 13.1. The topological polar surface area (TPSA) is 58.3 Å². The van der Waals surface area contributed by atoms with Gasteiger partial charge in [0.05, 0.1) is 0 Å². The number of nitrogens with one attached hydrogen (secondary N) is 1. The van der Waals surface area contributed by atoms with E-state index in [1.807, 2.05) is 0 Å². The normalized spacial score (nSPS) is 36.0. The van der Waals surface area contributed by atoms with E-state index in [-0.39, 0.29) is 5.54 Å². The summed E-state index contributed by atoms with van der Waals surface area (Å²) in [5.74, 6) is 0.438. The molecule has 2 fully saturated rings. The SMILES string of the molecule is CC1(C(C)(CN)NC2CCCC2CO)CC1. The smallest absolute Gasteiger partial charge is 0.0474 e. The zero-order valence-corrected chi connectivity index (χ0v) is 10.6. The monoisotopic (exact) mass is 226 g/mol. The highest BCUT2D eigenvalue weighted by Gasteiger charge is 2.53. The predicted octanol–water partition coefficient (Wildman–Crippen LogP) is 1.25. The minimum absolute atomic E-state index is 0.0510. The number of nitrogens with two attached hydrogens (primary N) is 1. The van der Waals surface area contributed by atoms with Gasteiger partial charge in [-0.15, -0.1) is 0 Å². The average Bonchev–Trinajstić information content (AvgIpc) is 2.89. The molecule has 0 heterocycles. The fraction of sp³-hybridized carbons (Fsp3) is 1.00. The lowest BCUT2D eigenvalue weighted by Crippen LogP contribution is -2.59. The Balaban J connectivity index is 2.01. The second kappa shape index (κ2) is 4.28. The van der Waals surface area contributed by atoms with E-state index in [0.29, 0.717) is 30.5 Å². The zero-order valence-electron chi connectivity index (χ0n) is 10.6. The first-order valence-corrected chi connectivity index (χ1v) is 6.63. The number of hydrogen-bond donors (Lipinski definition) is 3. The van der Waals surface area contributed by atoms with Gasteiger partial charge in [0, 0.05) is 24.7 Å². The lowest BCUT2D eigenvalue weighted by atomic mass is 9.82. The van der Waals surface area contributed by atoms with Crippen molar-refractivity contribution in [1.29, 1.82) is 0 Å². The molecule has 3 unspecified atom stereocenters. The Bertz CT molecular complexity index is 252. The molecular formula is C13H26N2O. The van der Waals surface area contributed by atoms with Crippen molar-refractivity contribution in [2.75, 3.05) is 13.2 Å². The fourth-order valence-corrected chi connectivity index (χ4v) is 3.07. The van der Waals surface area contributed by atoms with Crippen LogP contribution in [0.2, 0.25) is 0 Å². The average molecular weight is 226 g/mol. The maximum Gasteiger partial charge on any atom is 0.0474 e. The third kappa shape index (κ3) is 2.01. The lowest BCUT2D eigenvalue weighted by Gasteiger charge is -2.40. The van der Waals surface area contributed by atoms with Crippen molar-refractivity contribution in [3.8, 4) is 0 Å².